The highest BCUT2D eigenvalue weighted by Crippen LogP contribution is 2.23. The van der Waals surface area contributed by atoms with Gasteiger partial charge in [-0.3, -0.25) is 4.90 Å². The van der Waals surface area contributed by atoms with Crippen molar-refractivity contribution in [3.05, 3.63) is 0 Å². The lowest BCUT2D eigenvalue weighted by molar-refractivity contribution is -0.182. The normalized spacial score (nSPS) is 20.8. The molecule has 1 heterocycles. The first-order valence-corrected chi connectivity index (χ1v) is 4.09. The Morgan fingerprint density at radius 3 is 2.31 bits per heavy atom. The van der Waals surface area contributed by atoms with Crippen LogP contribution in [0.2, 0.25) is 0 Å². The molecule has 0 unspecified atom stereocenters. The molecule has 1 fully saturated rings. The van der Waals surface area contributed by atoms with E-state index in [0.29, 0.717) is 0 Å². The number of β-amino-alcohol motifs (C(OH)–C–C–N with tert-alkyl or cyclic N) is 1. The third-order valence-corrected chi connectivity index (χ3v) is 1.52. The molecule has 0 aromatic heterocycles. The summed E-state index contributed by atoms with van der Waals surface area (Å²) in [6.07, 6.45) is -0.588. The molecular formula is C8H14FNO3. The van der Waals surface area contributed by atoms with Gasteiger partial charge < -0.3 is 9.84 Å². The molecule has 76 valence electrons. The van der Waals surface area contributed by atoms with E-state index < -0.39 is 17.5 Å². The summed E-state index contributed by atoms with van der Waals surface area (Å²) < 4.78 is 17.5. The Hall–Kier alpha value is -0.840. The molecule has 0 saturated carbocycles. The van der Waals surface area contributed by atoms with Gasteiger partial charge in [-0.05, 0) is 20.8 Å². The second kappa shape index (κ2) is 2.83. The maximum absolute atomic E-state index is 12.6. The zero-order valence-corrected chi connectivity index (χ0v) is 8.00. The Balaban J connectivity index is 2.36. The van der Waals surface area contributed by atoms with Crippen LogP contribution in [0.15, 0.2) is 0 Å². The topological polar surface area (TPSA) is 49.8 Å². The Kier molecular flexibility index (Phi) is 2.23. The Bertz CT molecular complexity index is 214. The summed E-state index contributed by atoms with van der Waals surface area (Å²) >= 11 is 0. The second-order valence-electron chi connectivity index (χ2n) is 4.25. The van der Waals surface area contributed by atoms with Crippen LogP contribution in [0.1, 0.15) is 20.8 Å². The fraction of sp³-hybridized carbons (Fsp3) is 0.875. The van der Waals surface area contributed by atoms with Crippen LogP contribution in [0.5, 0.6) is 0 Å². The van der Waals surface area contributed by atoms with Gasteiger partial charge in [0.25, 0.3) is 0 Å². The SMILES string of the molecule is CC(C)(C)OC(=O)N1CC(O)(F)C1. The number of halogens is 1. The second-order valence-corrected chi connectivity index (χ2v) is 4.25. The fourth-order valence-electron chi connectivity index (χ4n) is 0.994. The molecule has 1 aliphatic rings. The fourth-order valence-corrected chi connectivity index (χ4v) is 0.994. The molecule has 1 saturated heterocycles. The minimum absolute atomic E-state index is 0.304. The van der Waals surface area contributed by atoms with E-state index in [9.17, 15) is 9.18 Å². The smallest absolute Gasteiger partial charge is 0.410 e. The lowest BCUT2D eigenvalue weighted by Crippen LogP contribution is -2.61. The predicted molar refractivity (Wildman–Crippen MR) is 43.9 cm³/mol. The lowest BCUT2D eigenvalue weighted by atomic mass is 10.1. The molecular weight excluding hydrogens is 177 g/mol. The van der Waals surface area contributed by atoms with Crippen LogP contribution in [0, 0.1) is 0 Å². The highest BCUT2D eigenvalue weighted by molar-refractivity contribution is 5.69. The molecule has 0 aliphatic carbocycles. The van der Waals surface area contributed by atoms with Crippen molar-refractivity contribution in [2.75, 3.05) is 13.1 Å². The summed E-state index contributed by atoms with van der Waals surface area (Å²) in [5.74, 6) is -2.23. The van der Waals surface area contributed by atoms with Gasteiger partial charge in [0.2, 0.25) is 5.85 Å². The summed E-state index contributed by atoms with van der Waals surface area (Å²) in [5, 5.41) is 8.71. The summed E-state index contributed by atoms with van der Waals surface area (Å²) in [5.41, 5.74) is -0.582. The number of carbonyl (C=O) groups excluding carboxylic acids is 1. The number of amides is 1. The van der Waals surface area contributed by atoms with E-state index in [1.165, 1.54) is 0 Å². The van der Waals surface area contributed by atoms with Crippen LogP contribution in [0.25, 0.3) is 0 Å². The van der Waals surface area contributed by atoms with Crippen LogP contribution < -0.4 is 0 Å². The number of rotatable bonds is 0. The molecule has 5 heteroatoms. The van der Waals surface area contributed by atoms with E-state index in [1.807, 2.05) is 0 Å². The third-order valence-electron chi connectivity index (χ3n) is 1.52. The minimum atomic E-state index is -2.23. The van der Waals surface area contributed by atoms with Crippen molar-refractivity contribution in [3.8, 4) is 0 Å². The number of ether oxygens (including phenoxy) is 1. The molecule has 0 atom stereocenters. The van der Waals surface area contributed by atoms with Crippen molar-refractivity contribution >= 4 is 6.09 Å². The molecule has 1 aliphatic heterocycles. The third kappa shape index (κ3) is 2.84. The molecule has 1 rings (SSSR count). The number of carbonyl (C=O) groups is 1. The number of alkyl halides is 1. The van der Waals surface area contributed by atoms with Crippen LogP contribution in [0.4, 0.5) is 9.18 Å². The molecule has 0 bridgehead atoms. The maximum atomic E-state index is 12.6. The van der Waals surface area contributed by atoms with Crippen LogP contribution in [0.3, 0.4) is 0 Å². The summed E-state index contributed by atoms with van der Waals surface area (Å²) in [7, 11) is 0. The highest BCUT2D eigenvalue weighted by atomic mass is 19.2. The van der Waals surface area contributed by atoms with E-state index in [-0.39, 0.29) is 13.1 Å². The van der Waals surface area contributed by atoms with E-state index in [2.05, 4.69) is 0 Å². The van der Waals surface area contributed by atoms with Crippen molar-refractivity contribution in [1.29, 1.82) is 0 Å². The first-order chi connectivity index (χ1) is 5.70. The van der Waals surface area contributed by atoms with E-state index in [0.717, 1.165) is 4.90 Å². The van der Waals surface area contributed by atoms with E-state index in [4.69, 9.17) is 9.84 Å². The summed E-state index contributed by atoms with van der Waals surface area (Å²) in [6.45, 7) is 4.58. The Labute approximate surface area is 76.3 Å². The number of aliphatic hydroxyl groups is 1. The van der Waals surface area contributed by atoms with E-state index in [1.54, 1.807) is 20.8 Å². The zero-order valence-electron chi connectivity index (χ0n) is 8.00. The predicted octanol–water partition coefficient (Wildman–Crippen LogP) is 0.895. The average molecular weight is 191 g/mol. The van der Waals surface area contributed by atoms with Gasteiger partial charge in [-0.25, -0.2) is 9.18 Å². The molecule has 0 aromatic carbocycles. The largest absolute Gasteiger partial charge is 0.444 e. The van der Waals surface area contributed by atoms with E-state index >= 15 is 0 Å². The van der Waals surface area contributed by atoms with Crippen LogP contribution >= 0.6 is 0 Å². The molecule has 0 spiro atoms. The first kappa shape index (κ1) is 10.2. The van der Waals surface area contributed by atoms with Crippen molar-refractivity contribution in [2.45, 2.75) is 32.2 Å². The van der Waals surface area contributed by atoms with Gasteiger partial charge in [0.1, 0.15) is 5.60 Å². The average Bonchev–Trinajstić information content (AvgIpc) is 1.77. The Morgan fingerprint density at radius 2 is 2.00 bits per heavy atom. The quantitative estimate of drug-likeness (QED) is 0.618. The minimum Gasteiger partial charge on any atom is -0.444 e. The number of hydrogen-bond acceptors (Lipinski definition) is 3. The lowest BCUT2D eigenvalue weighted by Gasteiger charge is -2.40. The van der Waals surface area contributed by atoms with Crippen molar-refractivity contribution < 1.29 is 19.0 Å². The van der Waals surface area contributed by atoms with Gasteiger partial charge in [-0.2, -0.15) is 0 Å². The highest BCUT2D eigenvalue weighted by Gasteiger charge is 2.45. The van der Waals surface area contributed by atoms with Crippen molar-refractivity contribution in [1.82, 2.24) is 4.90 Å². The van der Waals surface area contributed by atoms with Gasteiger partial charge in [0.05, 0.1) is 13.1 Å². The van der Waals surface area contributed by atoms with Crippen LogP contribution in [-0.4, -0.2) is 40.6 Å². The van der Waals surface area contributed by atoms with Gasteiger partial charge in [-0.1, -0.05) is 0 Å². The Morgan fingerprint density at radius 1 is 1.54 bits per heavy atom. The van der Waals surface area contributed by atoms with Crippen LogP contribution in [-0.2, 0) is 4.74 Å². The monoisotopic (exact) mass is 191 g/mol. The maximum Gasteiger partial charge on any atom is 0.410 e. The standard InChI is InChI=1S/C8H14FNO3/c1-7(2,3)13-6(11)10-4-8(9,12)5-10/h12H,4-5H2,1-3H3. The molecule has 13 heavy (non-hydrogen) atoms. The van der Waals surface area contributed by atoms with Crippen molar-refractivity contribution in [3.63, 3.8) is 0 Å². The number of nitrogens with zero attached hydrogens (tertiary/aromatic N) is 1. The number of likely N-dealkylation sites (tertiary alicyclic amines) is 1. The first-order valence-electron chi connectivity index (χ1n) is 4.09. The van der Waals surface area contributed by atoms with Gasteiger partial charge in [0.15, 0.2) is 0 Å². The molecule has 0 aromatic rings. The van der Waals surface area contributed by atoms with Gasteiger partial charge >= 0.3 is 6.09 Å². The zero-order chi connectivity index (χ0) is 10.3. The summed E-state index contributed by atoms with van der Waals surface area (Å²) in [4.78, 5) is 12.3. The van der Waals surface area contributed by atoms with Crippen molar-refractivity contribution in [2.24, 2.45) is 0 Å². The molecule has 4 nitrogen and oxygen atoms in total. The van der Waals surface area contributed by atoms with Gasteiger partial charge in [-0.15, -0.1) is 0 Å². The molecule has 0 radical (unpaired) electrons. The molecule has 1 N–H and O–H groups in total. The summed E-state index contributed by atoms with van der Waals surface area (Å²) in [6, 6.07) is 0. The van der Waals surface area contributed by atoms with Gasteiger partial charge in [0, 0.05) is 0 Å². The molecule has 1 amide bonds. The number of hydrogen-bond donors (Lipinski definition) is 1.